The maximum absolute atomic E-state index is 12.8. The standard InChI is InChI=1S/C18H20ClN3O4S/c1-12-13(2)20-11-22(18(12)24)10-17(23)21-8-7-16(9-21)27(25,26)15-5-3-14(19)4-6-15/h3-6,11,16H,7-10H2,1-2H3/t16-/m1/s1. The monoisotopic (exact) mass is 409 g/mol. The molecule has 0 spiro atoms. The number of amides is 1. The molecule has 0 radical (unpaired) electrons. The summed E-state index contributed by atoms with van der Waals surface area (Å²) in [5.74, 6) is -0.295. The number of carbonyl (C=O) groups excluding carboxylic acids is 1. The number of hydrogen-bond donors (Lipinski definition) is 0. The third-order valence-corrected chi connectivity index (χ3v) is 7.34. The molecule has 9 heteroatoms. The number of rotatable bonds is 4. The minimum atomic E-state index is -3.55. The Hall–Kier alpha value is -2.19. The highest BCUT2D eigenvalue weighted by molar-refractivity contribution is 7.92. The number of benzene rings is 1. The van der Waals surface area contributed by atoms with Crippen LogP contribution in [0.15, 0.2) is 40.3 Å². The number of aryl methyl sites for hydroxylation is 1. The molecule has 1 atom stereocenters. The summed E-state index contributed by atoms with van der Waals surface area (Å²) < 4.78 is 26.8. The van der Waals surface area contributed by atoms with E-state index >= 15 is 0 Å². The van der Waals surface area contributed by atoms with E-state index in [0.29, 0.717) is 29.2 Å². The van der Waals surface area contributed by atoms with Gasteiger partial charge in [-0.2, -0.15) is 0 Å². The Labute approximate surface area is 162 Å². The first-order chi connectivity index (χ1) is 12.7. The van der Waals surface area contributed by atoms with E-state index in [9.17, 15) is 18.0 Å². The lowest BCUT2D eigenvalue weighted by molar-refractivity contribution is -0.130. The Morgan fingerprint density at radius 1 is 1.26 bits per heavy atom. The normalized spacial score (nSPS) is 17.3. The van der Waals surface area contributed by atoms with Gasteiger partial charge in [-0.1, -0.05) is 11.6 Å². The molecule has 0 bridgehead atoms. The summed E-state index contributed by atoms with van der Waals surface area (Å²) in [5, 5.41) is -0.207. The number of sulfone groups is 1. The number of aromatic nitrogens is 2. The summed E-state index contributed by atoms with van der Waals surface area (Å²) in [5.41, 5.74) is 0.856. The third kappa shape index (κ3) is 3.91. The van der Waals surface area contributed by atoms with Crippen LogP contribution in [0.5, 0.6) is 0 Å². The van der Waals surface area contributed by atoms with Crippen molar-refractivity contribution in [3.63, 3.8) is 0 Å². The van der Waals surface area contributed by atoms with E-state index in [0.717, 1.165) is 0 Å². The molecule has 1 aromatic heterocycles. The predicted molar refractivity (Wildman–Crippen MR) is 102 cm³/mol. The molecular weight excluding hydrogens is 390 g/mol. The lowest BCUT2D eigenvalue weighted by atomic mass is 10.3. The number of carbonyl (C=O) groups is 1. The maximum Gasteiger partial charge on any atom is 0.256 e. The molecule has 1 aliphatic heterocycles. The van der Waals surface area contributed by atoms with E-state index in [-0.39, 0.29) is 29.5 Å². The van der Waals surface area contributed by atoms with Gasteiger partial charge in [0.25, 0.3) is 5.56 Å². The summed E-state index contributed by atoms with van der Waals surface area (Å²) in [7, 11) is -3.55. The minimum Gasteiger partial charge on any atom is -0.340 e. The van der Waals surface area contributed by atoms with Crippen molar-refractivity contribution in [1.82, 2.24) is 14.5 Å². The van der Waals surface area contributed by atoms with E-state index in [1.165, 1.54) is 40.1 Å². The van der Waals surface area contributed by atoms with E-state index in [2.05, 4.69) is 4.98 Å². The van der Waals surface area contributed by atoms with Crippen LogP contribution < -0.4 is 5.56 Å². The van der Waals surface area contributed by atoms with Crippen LogP contribution in [0.25, 0.3) is 0 Å². The van der Waals surface area contributed by atoms with Crippen molar-refractivity contribution in [3.05, 3.63) is 57.2 Å². The number of hydrogen-bond acceptors (Lipinski definition) is 5. The average Bonchev–Trinajstić information content (AvgIpc) is 3.14. The third-order valence-electron chi connectivity index (χ3n) is 4.90. The molecule has 27 heavy (non-hydrogen) atoms. The van der Waals surface area contributed by atoms with Crippen molar-refractivity contribution in [2.45, 2.75) is 37.0 Å². The molecule has 1 aliphatic rings. The van der Waals surface area contributed by atoms with Gasteiger partial charge in [0.2, 0.25) is 5.91 Å². The van der Waals surface area contributed by atoms with Gasteiger partial charge in [0.15, 0.2) is 9.84 Å². The molecular formula is C18H20ClN3O4S. The topological polar surface area (TPSA) is 89.3 Å². The molecule has 3 rings (SSSR count). The van der Waals surface area contributed by atoms with Crippen molar-refractivity contribution < 1.29 is 13.2 Å². The fourth-order valence-electron chi connectivity index (χ4n) is 3.06. The van der Waals surface area contributed by atoms with Gasteiger partial charge < -0.3 is 4.90 Å². The second kappa shape index (κ2) is 7.44. The van der Waals surface area contributed by atoms with Crippen LogP contribution >= 0.6 is 11.6 Å². The zero-order valence-electron chi connectivity index (χ0n) is 15.1. The van der Waals surface area contributed by atoms with Crippen LogP contribution in [0.2, 0.25) is 5.02 Å². The molecule has 7 nitrogen and oxygen atoms in total. The van der Waals surface area contributed by atoms with Gasteiger partial charge in [-0.3, -0.25) is 14.2 Å². The summed E-state index contributed by atoms with van der Waals surface area (Å²) in [6.07, 6.45) is 1.71. The quantitative estimate of drug-likeness (QED) is 0.764. The molecule has 1 amide bonds. The van der Waals surface area contributed by atoms with Crippen LogP contribution in [0, 0.1) is 13.8 Å². The first-order valence-electron chi connectivity index (χ1n) is 8.50. The second-order valence-corrected chi connectivity index (χ2v) is 9.30. The van der Waals surface area contributed by atoms with Gasteiger partial charge in [0.05, 0.1) is 16.5 Å². The molecule has 0 aliphatic carbocycles. The Kier molecular flexibility index (Phi) is 5.39. The van der Waals surface area contributed by atoms with Crippen molar-refractivity contribution >= 4 is 27.3 Å². The van der Waals surface area contributed by atoms with E-state index in [1.807, 2.05) is 0 Å². The Morgan fingerprint density at radius 3 is 2.59 bits per heavy atom. The van der Waals surface area contributed by atoms with Gasteiger partial charge in [-0.05, 0) is 44.5 Å². The smallest absolute Gasteiger partial charge is 0.256 e. The van der Waals surface area contributed by atoms with Crippen molar-refractivity contribution in [2.75, 3.05) is 13.1 Å². The fourth-order valence-corrected chi connectivity index (χ4v) is 4.88. The van der Waals surface area contributed by atoms with Gasteiger partial charge in [-0.15, -0.1) is 0 Å². The number of halogens is 1. The van der Waals surface area contributed by atoms with E-state index < -0.39 is 15.1 Å². The highest BCUT2D eigenvalue weighted by atomic mass is 35.5. The van der Waals surface area contributed by atoms with Crippen molar-refractivity contribution in [3.8, 4) is 0 Å². The molecule has 2 heterocycles. The summed E-state index contributed by atoms with van der Waals surface area (Å²) in [6, 6.07) is 6.02. The molecule has 1 aromatic carbocycles. The number of nitrogens with zero attached hydrogens (tertiary/aromatic N) is 3. The van der Waals surface area contributed by atoms with E-state index in [1.54, 1.807) is 13.8 Å². The Balaban J connectivity index is 1.72. The van der Waals surface area contributed by atoms with Crippen LogP contribution in [-0.2, 0) is 21.2 Å². The van der Waals surface area contributed by atoms with Crippen LogP contribution in [0.3, 0.4) is 0 Å². The summed E-state index contributed by atoms with van der Waals surface area (Å²) >= 11 is 5.82. The first kappa shape index (κ1) is 19.6. The van der Waals surface area contributed by atoms with Crippen LogP contribution in [0.4, 0.5) is 0 Å². The Morgan fingerprint density at radius 2 is 1.93 bits per heavy atom. The number of likely N-dealkylation sites (tertiary alicyclic amines) is 1. The average molecular weight is 410 g/mol. The van der Waals surface area contributed by atoms with E-state index in [4.69, 9.17) is 11.6 Å². The highest BCUT2D eigenvalue weighted by Gasteiger charge is 2.36. The zero-order chi connectivity index (χ0) is 19.8. The minimum absolute atomic E-state index is 0.108. The molecule has 2 aromatic rings. The van der Waals surface area contributed by atoms with Gasteiger partial charge in [-0.25, -0.2) is 13.4 Å². The van der Waals surface area contributed by atoms with Crippen LogP contribution in [0.1, 0.15) is 17.7 Å². The lowest BCUT2D eigenvalue weighted by Crippen LogP contribution is -2.37. The predicted octanol–water partition coefficient (Wildman–Crippen LogP) is 1.59. The van der Waals surface area contributed by atoms with Crippen molar-refractivity contribution in [2.24, 2.45) is 0 Å². The van der Waals surface area contributed by atoms with Gasteiger partial charge in [0.1, 0.15) is 6.54 Å². The molecule has 0 unspecified atom stereocenters. The molecule has 1 saturated heterocycles. The summed E-state index contributed by atoms with van der Waals surface area (Å²) in [6.45, 7) is 3.69. The Bertz CT molecular complexity index is 1030. The zero-order valence-corrected chi connectivity index (χ0v) is 16.6. The van der Waals surface area contributed by atoms with Gasteiger partial charge in [0, 0.05) is 29.4 Å². The largest absolute Gasteiger partial charge is 0.340 e. The molecule has 0 saturated carbocycles. The lowest BCUT2D eigenvalue weighted by Gasteiger charge is -2.17. The second-order valence-electron chi connectivity index (χ2n) is 6.64. The maximum atomic E-state index is 12.8. The molecule has 0 N–H and O–H groups in total. The SMILES string of the molecule is Cc1ncn(CC(=O)N2CC[C@@H](S(=O)(=O)c3ccc(Cl)cc3)C2)c(=O)c1C. The molecule has 144 valence electrons. The van der Waals surface area contributed by atoms with Crippen molar-refractivity contribution in [1.29, 1.82) is 0 Å². The molecule has 1 fully saturated rings. The highest BCUT2D eigenvalue weighted by Crippen LogP contribution is 2.25. The van der Waals surface area contributed by atoms with Crippen LogP contribution in [-0.4, -0.2) is 47.1 Å². The van der Waals surface area contributed by atoms with Gasteiger partial charge >= 0.3 is 0 Å². The summed E-state index contributed by atoms with van der Waals surface area (Å²) in [4.78, 5) is 30.6. The fraction of sp³-hybridized carbons (Fsp3) is 0.389. The first-order valence-corrected chi connectivity index (χ1v) is 10.4.